The van der Waals surface area contributed by atoms with Crippen LogP contribution in [0.4, 0.5) is 0 Å². The Morgan fingerprint density at radius 3 is 1.80 bits per heavy atom. The summed E-state index contributed by atoms with van der Waals surface area (Å²) in [5, 5.41) is 9.49. The van der Waals surface area contributed by atoms with Crippen LogP contribution in [0.1, 0.15) is 67.1 Å². The third-order valence-electron chi connectivity index (χ3n) is 8.03. The largest absolute Gasteiger partial charge is 0.489 e. The molecule has 0 aliphatic carbocycles. The molecule has 1 N–H and O–H groups in total. The highest BCUT2D eigenvalue weighted by atomic mass is 16.5. The summed E-state index contributed by atoms with van der Waals surface area (Å²) < 4.78 is 17.6. The van der Waals surface area contributed by atoms with Crippen LogP contribution in [-0.4, -0.2) is 24.0 Å². The number of carboxylic acid groups (broad SMARTS) is 1. The summed E-state index contributed by atoms with van der Waals surface area (Å²) in [7, 11) is 0. The quantitative estimate of drug-likeness (QED) is 0.134. The molecule has 0 spiro atoms. The van der Waals surface area contributed by atoms with Gasteiger partial charge in [-0.2, -0.15) is 0 Å². The van der Waals surface area contributed by atoms with Crippen LogP contribution in [0, 0.1) is 20.8 Å². The van der Waals surface area contributed by atoms with Crippen molar-refractivity contribution in [1.29, 1.82) is 0 Å². The molecule has 2 unspecified atom stereocenters. The zero-order chi connectivity index (χ0) is 32.6. The van der Waals surface area contributed by atoms with Gasteiger partial charge in [-0.05, 0) is 89.5 Å². The second kappa shape index (κ2) is 14.4. The van der Waals surface area contributed by atoms with Crippen LogP contribution in [0.5, 0.6) is 5.75 Å². The maximum atomic E-state index is 11.8. The Balaban J connectivity index is 1.53. The highest BCUT2D eigenvalue weighted by molar-refractivity contribution is 5.90. The van der Waals surface area contributed by atoms with E-state index < -0.39 is 18.2 Å². The first-order chi connectivity index (χ1) is 22.3. The van der Waals surface area contributed by atoms with Gasteiger partial charge in [0.25, 0.3) is 12.9 Å². The molecule has 7 nitrogen and oxygen atoms in total. The standard InChI is InChI=1S/C39H34O7/c1-25-19-31(39(42)43)20-26(2)36(25)32-15-10-16-35(27(32)3)44-22-28-17-18-33(37(45-23-40)29-11-6-4-7-12-29)34(21-28)38(46-24-41)30-13-8-5-9-14-30/h4-21,23-24,37-38H,22H2,1-3H3,(H,42,43). The fourth-order valence-corrected chi connectivity index (χ4v) is 5.92. The number of rotatable bonds is 13. The lowest BCUT2D eigenvalue weighted by Crippen LogP contribution is -2.14. The molecule has 0 saturated heterocycles. The number of carbonyl (C=O) groups excluding carboxylic acids is 2. The van der Waals surface area contributed by atoms with Crippen LogP contribution in [0.2, 0.25) is 0 Å². The number of aryl methyl sites for hydroxylation is 2. The number of carbonyl (C=O) groups is 3. The predicted octanol–water partition coefficient (Wildman–Crippen LogP) is 8.08. The molecule has 7 heteroatoms. The number of benzene rings is 5. The van der Waals surface area contributed by atoms with E-state index in [-0.39, 0.29) is 12.2 Å². The lowest BCUT2D eigenvalue weighted by Gasteiger charge is -2.25. The van der Waals surface area contributed by atoms with Crippen LogP contribution in [-0.2, 0) is 25.7 Å². The Kier molecular flexibility index (Phi) is 9.93. The lowest BCUT2D eigenvalue weighted by molar-refractivity contribution is -0.134. The highest BCUT2D eigenvalue weighted by Crippen LogP contribution is 2.38. The van der Waals surface area contributed by atoms with E-state index in [4.69, 9.17) is 14.2 Å². The zero-order valence-electron chi connectivity index (χ0n) is 25.8. The molecule has 5 aromatic carbocycles. The minimum atomic E-state index is -0.960. The van der Waals surface area contributed by atoms with Gasteiger partial charge in [0.2, 0.25) is 0 Å². The molecule has 232 valence electrons. The Morgan fingerprint density at radius 1 is 0.696 bits per heavy atom. The Morgan fingerprint density at radius 2 is 1.26 bits per heavy atom. The van der Waals surface area contributed by atoms with Gasteiger partial charge in [0.05, 0.1) is 5.56 Å². The van der Waals surface area contributed by atoms with Gasteiger partial charge in [-0.1, -0.05) is 84.9 Å². The first kappa shape index (κ1) is 31.7. The Labute approximate surface area is 268 Å². The van der Waals surface area contributed by atoms with Gasteiger partial charge in [0, 0.05) is 11.1 Å². The van der Waals surface area contributed by atoms with Crippen LogP contribution in [0.25, 0.3) is 11.1 Å². The topological polar surface area (TPSA) is 99.1 Å². The molecular weight excluding hydrogens is 580 g/mol. The third-order valence-corrected chi connectivity index (χ3v) is 8.03. The van der Waals surface area contributed by atoms with E-state index in [1.165, 1.54) is 0 Å². The maximum Gasteiger partial charge on any atom is 0.335 e. The average molecular weight is 615 g/mol. The Bertz CT molecular complexity index is 1830. The van der Waals surface area contributed by atoms with Crippen LogP contribution < -0.4 is 4.74 Å². The molecule has 5 aromatic rings. The van der Waals surface area contributed by atoms with Gasteiger partial charge in [-0.15, -0.1) is 0 Å². The fourth-order valence-electron chi connectivity index (χ4n) is 5.92. The van der Waals surface area contributed by atoms with Crippen molar-refractivity contribution in [3.8, 4) is 16.9 Å². The number of ether oxygens (including phenoxy) is 3. The predicted molar refractivity (Wildman–Crippen MR) is 175 cm³/mol. The number of hydrogen-bond donors (Lipinski definition) is 1. The van der Waals surface area contributed by atoms with E-state index >= 15 is 0 Å². The minimum absolute atomic E-state index is 0.209. The molecule has 0 saturated carbocycles. The maximum absolute atomic E-state index is 11.8. The lowest BCUT2D eigenvalue weighted by atomic mass is 9.89. The number of hydrogen-bond acceptors (Lipinski definition) is 6. The summed E-state index contributed by atoms with van der Waals surface area (Å²) in [4.78, 5) is 35.0. The molecule has 0 amide bonds. The number of carboxylic acids is 1. The monoisotopic (exact) mass is 614 g/mol. The van der Waals surface area contributed by atoms with Gasteiger partial charge < -0.3 is 19.3 Å². The van der Waals surface area contributed by atoms with E-state index in [1.54, 1.807) is 12.1 Å². The molecule has 0 heterocycles. The van der Waals surface area contributed by atoms with Gasteiger partial charge >= 0.3 is 5.97 Å². The van der Waals surface area contributed by atoms with Gasteiger partial charge in [-0.3, -0.25) is 9.59 Å². The van der Waals surface area contributed by atoms with Gasteiger partial charge in [-0.25, -0.2) is 4.79 Å². The van der Waals surface area contributed by atoms with E-state index in [1.807, 2.05) is 118 Å². The molecule has 46 heavy (non-hydrogen) atoms. The summed E-state index contributed by atoms with van der Waals surface area (Å²) in [5.41, 5.74) is 8.51. The van der Waals surface area contributed by atoms with Crippen molar-refractivity contribution < 1.29 is 33.7 Å². The highest BCUT2D eigenvalue weighted by Gasteiger charge is 2.26. The molecule has 0 aliphatic rings. The molecular formula is C39H34O7. The molecule has 2 atom stereocenters. The fraction of sp³-hybridized carbons (Fsp3) is 0.154. The molecule has 0 radical (unpaired) electrons. The minimum Gasteiger partial charge on any atom is -0.489 e. The van der Waals surface area contributed by atoms with Gasteiger partial charge in [0.1, 0.15) is 12.4 Å². The van der Waals surface area contributed by atoms with Crippen molar-refractivity contribution in [2.45, 2.75) is 39.6 Å². The van der Waals surface area contributed by atoms with Crippen LogP contribution in [0.3, 0.4) is 0 Å². The summed E-state index contributed by atoms with van der Waals surface area (Å²) >= 11 is 0. The third kappa shape index (κ3) is 6.84. The Hall–Kier alpha value is -5.69. The summed E-state index contributed by atoms with van der Waals surface area (Å²) in [6, 6.07) is 33.6. The second-order valence-electron chi connectivity index (χ2n) is 11.0. The molecule has 0 bridgehead atoms. The first-order valence-corrected chi connectivity index (χ1v) is 14.8. The zero-order valence-corrected chi connectivity index (χ0v) is 25.8. The van der Waals surface area contributed by atoms with Gasteiger partial charge in [0.15, 0.2) is 12.2 Å². The second-order valence-corrected chi connectivity index (χ2v) is 11.0. The van der Waals surface area contributed by atoms with Crippen LogP contribution >= 0.6 is 0 Å². The van der Waals surface area contributed by atoms with Crippen LogP contribution in [0.15, 0.2) is 109 Å². The SMILES string of the molecule is Cc1cc(C(=O)O)cc(C)c1-c1cccc(OCc2ccc(C(OC=O)c3ccccc3)c(C(OC=O)c3ccccc3)c2)c1C. The molecule has 5 rings (SSSR count). The van der Waals surface area contributed by atoms with E-state index in [9.17, 15) is 19.5 Å². The average Bonchev–Trinajstić information content (AvgIpc) is 3.07. The summed E-state index contributed by atoms with van der Waals surface area (Å²) in [6.07, 6.45) is -1.50. The smallest absolute Gasteiger partial charge is 0.335 e. The van der Waals surface area contributed by atoms with E-state index in [2.05, 4.69) is 0 Å². The van der Waals surface area contributed by atoms with E-state index in [0.717, 1.165) is 44.5 Å². The van der Waals surface area contributed by atoms with Crippen molar-refractivity contribution in [1.82, 2.24) is 0 Å². The molecule has 0 aromatic heterocycles. The van der Waals surface area contributed by atoms with Crippen molar-refractivity contribution in [2.75, 3.05) is 0 Å². The summed E-state index contributed by atoms with van der Waals surface area (Å²) in [6.45, 7) is 6.85. The van der Waals surface area contributed by atoms with Crippen molar-refractivity contribution in [3.63, 3.8) is 0 Å². The van der Waals surface area contributed by atoms with Crippen molar-refractivity contribution in [2.24, 2.45) is 0 Å². The van der Waals surface area contributed by atoms with Crippen molar-refractivity contribution >= 4 is 18.9 Å². The van der Waals surface area contributed by atoms with E-state index in [0.29, 0.717) is 29.8 Å². The molecule has 0 fully saturated rings. The normalized spacial score (nSPS) is 12.1. The summed E-state index contributed by atoms with van der Waals surface area (Å²) in [5.74, 6) is -0.280. The first-order valence-electron chi connectivity index (χ1n) is 14.8. The number of aromatic carboxylic acids is 1. The molecule has 0 aliphatic heterocycles. The van der Waals surface area contributed by atoms with Crippen molar-refractivity contribution in [3.05, 3.63) is 159 Å².